The summed E-state index contributed by atoms with van der Waals surface area (Å²) < 4.78 is 0. The fraction of sp³-hybridized carbons (Fsp3) is 0.308. The van der Waals surface area contributed by atoms with E-state index >= 15 is 0 Å². The molecule has 1 aliphatic carbocycles. The SMILES string of the molecule is O=C(O)c1cc(Cl)cc2c3c([nH]c12)CCCC3. The average molecular weight is 250 g/mol. The molecule has 1 aliphatic rings. The molecule has 1 aromatic heterocycles. The first-order chi connectivity index (χ1) is 8.16. The minimum absolute atomic E-state index is 0.266. The Morgan fingerprint density at radius 1 is 1.29 bits per heavy atom. The third-order valence-corrected chi connectivity index (χ3v) is 3.62. The van der Waals surface area contributed by atoms with Crippen LogP contribution in [0.25, 0.3) is 10.9 Å². The number of aromatic nitrogens is 1. The van der Waals surface area contributed by atoms with Crippen molar-refractivity contribution in [2.75, 3.05) is 0 Å². The summed E-state index contributed by atoms with van der Waals surface area (Å²) in [6.07, 6.45) is 4.33. The molecule has 1 aromatic carbocycles. The van der Waals surface area contributed by atoms with Crippen molar-refractivity contribution in [1.29, 1.82) is 0 Å². The van der Waals surface area contributed by atoms with E-state index in [1.807, 2.05) is 6.07 Å². The average Bonchev–Trinajstić information content (AvgIpc) is 2.66. The second kappa shape index (κ2) is 3.77. The van der Waals surface area contributed by atoms with E-state index in [2.05, 4.69) is 4.98 Å². The minimum atomic E-state index is -0.934. The zero-order chi connectivity index (χ0) is 12.0. The standard InChI is InChI=1S/C13H12ClNO2/c14-7-5-9-8-3-1-2-4-11(8)15-12(9)10(6-7)13(16)17/h5-6,15H,1-4H2,(H,16,17). The number of fused-ring (bicyclic) bond motifs is 3. The lowest BCUT2D eigenvalue weighted by Gasteiger charge is -2.10. The Morgan fingerprint density at radius 2 is 2.06 bits per heavy atom. The number of halogens is 1. The highest BCUT2D eigenvalue weighted by Crippen LogP contribution is 2.32. The van der Waals surface area contributed by atoms with Crippen LogP contribution in [0, 0.1) is 0 Å². The predicted octanol–water partition coefficient (Wildman–Crippen LogP) is 3.40. The van der Waals surface area contributed by atoms with Gasteiger partial charge in [-0.05, 0) is 43.4 Å². The number of rotatable bonds is 1. The van der Waals surface area contributed by atoms with Crippen molar-refractivity contribution in [3.63, 3.8) is 0 Å². The number of hydrogen-bond acceptors (Lipinski definition) is 1. The van der Waals surface area contributed by atoms with E-state index in [9.17, 15) is 9.90 Å². The number of benzene rings is 1. The number of aryl methyl sites for hydroxylation is 2. The molecule has 3 nitrogen and oxygen atoms in total. The Balaban J connectivity index is 2.36. The van der Waals surface area contributed by atoms with Crippen LogP contribution in [0.2, 0.25) is 5.02 Å². The number of aromatic carboxylic acids is 1. The van der Waals surface area contributed by atoms with Crippen LogP contribution in [-0.4, -0.2) is 16.1 Å². The van der Waals surface area contributed by atoms with E-state index in [4.69, 9.17) is 11.6 Å². The van der Waals surface area contributed by atoms with E-state index in [0.29, 0.717) is 10.5 Å². The van der Waals surface area contributed by atoms with E-state index < -0.39 is 5.97 Å². The highest BCUT2D eigenvalue weighted by atomic mass is 35.5. The van der Waals surface area contributed by atoms with Gasteiger partial charge >= 0.3 is 5.97 Å². The summed E-state index contributed by atoms with van der Waals surface area (Å²) in [5.74, 6) is -0.934. The van der Waals surface area contributed by atoms with Crippen LogP contribution in [0.4, 0.5) is 0 Å². The summed E-state index contributed by atoms with van der Waals surface area (Å²) in [6, 6.07) is 3.37. The van der Waals surface area contributed by atoms with Crippen LogP contribution < -0.4 is 0 Å². The van der Waals surface area contributed by atoms with Crippen molar-refractivity contribution in [3.05, 3.63) is 34.0 Å². The smallest absolute Gasteiger partial charge is 0.337 e. The monoisotopic (exact) mass is 249 g/mol. The molecule has 0 unspecified atom stereocenters. The van der Waals surface area contributed by atoms with Crippen molar-refractivity contribution in [2.45, 2.75) is 25.7 Å². The molecule has 0 aliphatic heterocycles. The molecule has 0 spiro atoms. The normalized spacial score (nSPS) is 14.9. The molecule has 4 heteroatoms. The second-order valence-corrected chi connectivity index (χ2v) is 4.91. The molecule has 2 N–H and O–H groups in total. The fourth-order valence-corrected chi connectivity index (χ4v) is 2.86. The highest BCUT2D eigenvalue weighted by Gasteiger charge is 2.19. The molecular weight excluding hydrogens is 238 g/mol. The van der Waals surface area contributed by atoms with E-state index in [0.717, 1.165) is 31.1 Å². The van der Waals surface area contributed by atoms with Gasteiger partial charge in [0.1, 0.15) is 0 Å². The zero-order valence-corrected chi connectivity index (χ0v) is 9.97. The number of hydrogen-bond donors (Lipinski definition) is 2. The fourth-order valence-electron chi connectivity index (χ4n) is 2.64. The van der Waals surface area contributed by atoms with Gasteiger partial charge in [0.25, 0.3) is 0 Å². The summed E-state index contributed by atoms with van der Waals surface area (Å²) in [5, 5.41) is 10.7. The Labute approximate surface area is 103 Å². The molecule has 0 atom stereocenters. The number of H-pyrrole nitrogens is 1. The van der Waals surface area contributed by atoms with Crippen molar-refractivity contribution < 1.29 is 9.90 Å². The summed E-state index contributed by atoms with van der Waals surface area (Å²) in [6.45, 7) is 0. The summed E-state index contributed by atoms with van der Waals surface area (Å²) in [4.78, 5) is 14.5. The van der Waals surface area contributed by atoms with Gasteiger partial charge in [-0.25, -0.2) is 4.79 Å². The number of carbonyl (C=O) groups is 1. The molecule has 0 bridgehead atoms. The molecule has 3 rings (SSSR count). The minimum Gasteiger partial charge on any atom is -0.478 e. The predicted molar refractivity (Wildman–Crippen MR) is 66.9 cm³/mol. The molecule has 1 heterocycles. The third kappa shape index (κ3) is 1.62. The van der Waals surface area contributed by atoms with Crippen molar-refractivity contribution in [2.24, 2.45) is 0 Å². The van der Waals surface area contributed by atoms with Gasteiger partial charge in [-0.2, -0.15) is 0 Å². The second-order valence-electron chi connectivity index (χ2n) is 4.47. The molecule has 0 saturated heterocycles. The third-order valence-electron chi connectivity index (χ3n) is 3.40. The lowest BCUT2D eigenvalue weighted by Crippen LogP contribution is -1.99. The topological polar surface area (TPSA) is 53.1 Å². The largest absolute Gasteiger partial charge is 0.478 e. The van der Waals surface area contributed by atoms with Gasteiger partial charge in [0.15, 0.2) is 0 Å². The van der Waals surface area contributed by atoms with Crippen LogP contribution in [0.5, 0.6) is 0 Å². The van der Waals surface area contributed by atoms with Gasteiger partial charge in [0, 0.05) is 16.1 Å². The summed E-state index contributed by atoms with van der Waals surface area (Å²) in [5.41, 5.74) is 3.41. The van der Waals surface area contributed by atoms with Crippen molar-refractivity contribution >= 4 is 28.5 Å². The van der Waals surface area contributed by atoms with E-state index in [-0.39, 0.29) is 5.56 Å². The quantitative estimate of drug-likeness (QED) is 0.814. The van der Waals surface area contributed by atoms with Crippen molar-refractivity contribution in [3.8, 4) is 0 Å². The van der Waals surface area contributed by atoms with Crippen LogP contribution in [0.1, 0.15) is 34.5 Å². The molecule has 88 valence electrons. The van der Waals surface area contributed by atoms with Crippen LogP contribution in [0.3, 0.4) is 0 Å². The molecule has 2 aromatic rings. The van der Waals surface area contributed by atoms with Crippen LogP contribution >= 0.6 is 11.6 Å². The first-order valence-electron chi connectivity index (χ1n) is 5.73. The van der Waals surface area contributed by atoms with Gasteiger partial charge < -0.3 is 10.1 Å². The molecule has 0 amide bonds. The van der Waals surface area contributed by atoms with Crippen molar-refractivity contribution in [1.82, 2.24) is 4.98 Å². The molecule has 0 radical (unpaired) electrons. The highest BCUT2D eigenvalue weighted by molar-refractivity contribution is 6.32. The lowest BCUT2D eigenvalue weighted by molar-refractivity contribution is 0.0699. The maximum atomic E-state index is 11.2. The molecule has 0 fully saturated rings. The number of nitrogens with one attached hydrogen (secondary N) is 1. The lowest BCUT2D eigenvalue weighted by atomic mass is 9.95. The van der Waals surface area contributed by atoms with Crippen LogP contribution in [-0.2, 0) is 12.8 Å². The Bertz CT molecular complexity index is 615. The van der Waals surface area contributed by atoms with Gasteiger partial charge in [-0.3, -0.25) is 0 Å². The maximum Gasteiger partial charge on any atom is 0.337 e. The molecule has 0 saturated carbocycles. The van der Waals surface area contributed by atoms with Gasteiger partial charge in [-0.1, -0.05) is 11.6 Å². The Morgan fingerprint density at radius 3 is 2.82 bits per heavy atom. The van der Waals surface area contributed by atoms with Crippen LogP contribution in [0.15, 0.2) is 12.1 Å². The molecule has 17 heavy (non-hydrogen) atoms. The summed E-state index contributed by atoms with van der Waals surface area (Å²) >= 11 is 5.99. The number of aromatic amines is 1. The number of carboxylic acids is 1. The first-order valence-corrected chi connectivity index (χ1v) is 6.11. The summed E-state index contributed by atoms with van der Waals surface area (Å²) in [7, 11) is 0. The Hall–Kier alpha value is -1.48. The molecular formula is C13H12ClNO2. The maximum absolute atomic E-state index is 11.2. The first kappa shape index (κ1) is 10.7. The van der Waals surface area contributed by atoms with E-state index in [1.54, 1.807) is 0 Å². The zero-order valence-electron chi connectivity index (χ0n) is 9.22. The van der Waals surface area contributed by atoms with Gasteiger partial charge in [-0.15, -0.1) is 0 Å². The number of carboxylic acid groups (broad SMARTS) is 1. The van der Waals surface area contributed by atoms with E-state index in [1.165, 1.54) is 17.3 Å². The Kier molecular flexibility index (Phi) is 2.37. The van der Waals surface area contributed by atoms with Gasteiger partial charge in [0.05, 0.1) is 11.1 Å². The van der Waals surface area contributed by atoms with Gasteiger partial charge in [0.2, 0.25) is 0 Å².